The first kappa shape index (κ1) is 24.9. The van der Waals surface area contributed by atoms with Gasteiger partial charge in [-0.15, -0.1) is 0 Å². The fourth-order valence-electron chi connectivity index (χ4n) is 3.66. The fraction of sp³-hybridized carbons (Fsp3) is 0.364. The number of carbonyl (C=O) groups excluding carboxylic acids is 2. The maximum absolute atomic E-state index is 13.0. The highest BCUT2D eigenvalue weighted by atomic mass is 32.2. The quantitative estimate of drug-likeness (QED) is 0.553. The summed E-state index contributed by atoms with van der Waals surface area (Å²) < 4.78 is 56.0. The molecule has 0 bridgehead atoms. The minimum atomic E-state index is -3.78. The Hall–Kier alpha value is -2.76. The summed E-state index contributed by atoms with van der Waals surface area (Å²) in [6.07, 6.45) is 0.292. The number of nitrogens with zero attached hydrogens (tertiary/aromatic N) is 1. The second-order valence-corrected chi connectivity index (χ2v) is 11.7. The maximum Gasteiger partial charge on any atom is 0.338 e. The van der Waals surface area contributed by atoms with E-state index in [0.717, 1.165) is 0 Å². The van der Waals surface area contributed by atoms with Gasteiger partial charge in [-0.1, -0.05) is 31.2 Å². The number of para-hydroxylation sites is 1. The summed E-state index contributed by atoms with van der Waals surface area (Å²) in [5.74, 6) is -1.59. The SMILES string of the molecule is CCNS(=O)(=O)c1ccc(C)c(C(=O)OCC(=O)N(c2ccccc2)[C@H]2CCS(=O)(=O)C2)c1. The number of hydrogen-bond donors (Lipinski definition) is 1. The number of hydrogen-bond acceptors (Lipinski definition) is 7. The number of nitrogens with one attached hydrogen (secondary N) is 1. The van der Waals surface area contributed by atoms with Crippen LogP contribution in [-0.2, 0) is 29.4 Å². The molecule has 3 rings (SSSR count). The topological polar surface area (TPSA) is 127 Å². The van der Waals surface area contributed by atoms with E-state index in [-0.39, 0.29) is 28.5 Å². The fourth-order valence-corrected chi connectivity index (χ4v) is 6.43. The number of sulfone groups is 1. The van der Waals surface area contributed by atoms with Crippen LogP contribution in [0.1, 0.15) is 29.3 Å². The zero-order valence-electron chi connectivity index (χ0n) is 18.4. The Morgan fingerprint density at radius 1 is 1.15 bits per heavy atom. The largest absolute Gasteiger partial charge is 0.452 e. The van der Waals surface area contributed by atoms with E-state index in [4.69, 9.17) is 4.74 Å². The monoisotopic (exact) mass is 494 g/mol. The Balaban J connectivity index is 1.79. The Labute approximate surface area is 193 Å². The third-order valence-electron chi connectivity index (χ3n) is 5.28. The summed E-state index contributed by atoms with van der Waals surface area (Å²) >= 11 is 0. The molecule has 1 amide bonds. The molecular weight excluding hydrogens is 468 g/mol. The van der Waals surface area contributed by atoms with E-state index in [0.29, 0.717) is 17.7 Å². The summed E-state index contributed by atoms with van der Waals surface area (Å²) in [4.78, 5) is 27.0. The number of sulfonamides is 1. The normalized spacial score (nSPS) is 17.5. The minimum Gasteiger partial charge on any atom is -0.452 e. The smallest absolute Gasteiger partial charge is 0.338 e. The Morgan fingerprint density at radius 2 is 1.85 bits per heavy atom. The molecule has 1 heterocycles. The molecular formula is C22H26N2O7S2. The second-order valence-electron chi connectivity index (χ2n) is 7.71. The average molecular weight is 495 g/mol. The van der Waals surface area contributed by atoms with Crippen LogP contribution in [0.15, 0.2) is 53.4 Å². The standard InChI is InChI=1S/C22H26N2O7S2/c1-3-23-33(29,30)19-10-9-16(2)20(13-19)22(26)31-14-21(25)24(17-7-5-4-6-8-17)18-11-12-32(27,28)15-18/h4-10,13,18,23H,3,11-12,14-15H2,1-2H3/t18-/m0/s1. The lowest BCUT2D eigenvalue weighted by Crippen LogP contribution is -2.43. The minimum absolute atomic E-state index is 0.0136. The molecule has 178 valence electrons. The molecule has 0 spiro atoms. The van der Waals surface area contributed by atoms with Crippen LogP contribution in [0.4, 0.5) is 5.69 Å². The van der Waals surface area contributed by atoms with Gasteiger partial charge in [0.05, 0.1) is 28.0 Å². The summed E-state index contributed by atoms with van der Waals surface area (Å²) in [5, 5.41) is 0. The number of amides is 1. The highest BCUT2D eigenvalue weighted by molar-refractivity contribution is 7.91. The Bertz CT molecular complexity index is 1240. The van der Waals surface area contributed by atoms with E-state index in [1.54, 1.807) is 44.2 Å². The molecule has 11 heteroatoms. The van der Waals surface area contributed by atoms with Crippen LogP contribution in [0.3, 0.4) is 0 Å². The molecule has 33 heavy (non-hydrogen) atoms. The number of aryl methyl sites for hydroxylation is 1. The Morgan fingerprint density at radius 3 is 2.45 bits per heavy atom. The zero-order valence-corrected chi connectivity index (χ0v) is 20.0. The van der Waals surface area contributed by atoms with Crippen molar-refractivity contribution in [1.29, 1.82) is 0 Å². The molecule has 1 atom stereocenters. The first-order chi connectivity index (χ1) is 15.5. The van der Waals surface area contributed by atoms with E-state index in [2.05, 4.69) is 4.72 Å². The highest BCUT2D eigenvalue weighted by Crippen LogP contribution is 2.25. The summed E-state index contributed by atoms with van der Waals surface area (Å²) in [6.45, 7) is 2.84. The molecule has 0 radical (unpaired) electrons. The van der Waals surface area contributed by atoms with E-state index in [1.165, 1.54) is 23.1 Å². The lowest BCUT2D eigenvalue weighted by Gasteiger charge is -2.28. The lowest BCUT2D eigenvalue weighted by atomic mass is 10.1. The predicted molar refractivity (Wildman–Crippen MR) is 123 cm³/mol. The van der Waals surface area contributed by atoms with Crippen molar-refractivity contribution in [3.63, 3.8) is 0 Å². The second kappa shape index (κ2) is 10.0. The molecule has 0 aliphatic carbocycles. The first-order valence-corrected chi connectivity index (χ1v) is 13.7. The zero-order chi connectivity index (χ0) is 24.2. The van der Waals surface area contributed by atoms with Crippen LogP contribution in [0.25, 0.3) is 0 Å². The first-order valence-electron chi connectivity index (χ1n) is 10.4. The predicted octanol–water partition coefficient (Wildman–Crippen LogP) is 1.67. The van der Waals surface area contributed by atoms with Crippen molar-refractivity contribution in [3.05, 3.63) is 59.7 Å². The van der Waals surface area contributed by atoms with Crippen molar-refractivity contribution in [3.8, 4) is 0 Å². The molecule has 2 aromatic rings. The van der Waals surface area contributed by atoms with Gasteiger partial charge >= 0.3 is 5.97 Å². The Kier molecular flexibility index (Phi) is 7.55. The van der Waals surface area contributed by atoms with Crippen molar-refractivity contribution in [2.75, 3.05) is 29.6 Å². The van der Waals surface area contributed by atoms with Gasteiger partial charge in [0.2, 0.25) is 10.0 Å². The van der Waals surface area contributed by atoms with Gasteiger partial charge in [-0.2, -0.15) is 0 Å². The van der Waals surface area contributed by atoms with Crippen LogP contribution in [-0.4, -0.2) is 59.4 Å². The molecule has 1 aliphatic rings. The third-order valence-corrected chi connectivity index (χ3v) is 8.57. The number of benzene rings is 2. The average Bonchev–Trinajstić information content (AvgIpc) is 3.12. The summed E-state index contributed by atoms with van der Waals surface area (Å²) in [6, 6.07) is 12.1. The van der Waals surface area contributed by atoms with Gasteiger partial charge in [-0.3, -0.25) is 4.79 Å². The molecule has 2 aromatic carbocycles. The van der Waals surface area contributed by atoms with Gasteiger partial charge in [-0.25, -0.2) is 26.4 Å². The van der Waals surface area contributed by atoms with Crippen LogP contribution in [0, 0.1) is 6.92 Å². The van der Waals surface area contributed by atoms with Crippen LogP contribution in [0.2, 0.25) is 0 Å². The van der Waals surface area contributed by atoms with Crippen molar-refractivity contribution < 1.29 is 31.2 Å². The van der Waals surface area contributed by atoms with Crippen molar-refractivity contribution in [2.24, 2.45) is 0 Å². The van der Waals surface area contributed by atoms with Gasteiger partial charge < -0.3 is 9.64 Å². The van der Waals surface area contributed by atoms with Gasteiger partial charge in [-0.05, 0) is 43.2 Å². The number of carbonyl (C=O) groups is 2. The molecule has 1 fully saturated rings. The van der Waals surface area contributed by atoms with Gasteiger partial charge in [0.25, 0.3) is 5.91 Å². The van der Waals surface area contributed by atoms with Crippen molar-refractivity contribution >= 4 is 37.4 Å². The number of ether oxygens (including phenoxy) is 1. The molecule has 0 unspecified atom stereocenters. The lowest BCUT2D eigenvalue weighted by molar-refractivity contribution is -0.122. The van der Waals surface area contributed by atoms with Gasteiger partial charge in [0.15, 0.2) is 16.4 Å². The van der Waals surface area contributed by atoms with E-state index in [1.807, 2.05) is 0 Å². The maximum atomic E-state index is 13.0. The van der Waals surface area contributed by atoms with Gasteiger partial charge in [0.1, 0.15) is 0 Å². The van der Waals surface area contributed by atoms with Gasteiger partial charge in [0, 0.05) is 12.2 Å². The van der Waals surface area contributed by atoms with Crippen LogP contribution in [0.5, 0.6) is 0 Å². The molecule has 0 aromatic heterocycles. The third kappa shape index (κ3) is 5.98. The molecule has 1 N–H and O–H groups in total. The number of anilines is 1. The number of esters is 1. The van der Waals surface area contributed by atoms with E-state index < -0.39 is 44.4 Å². The van der Waals surface area contributed by atoms with Crippen molar-refractivity contribution in [1.82, 2.24) is 4.72 Å². The van der Waals surface area contributed by atoms with E-state index >= 15 is 0 Å². The molecule has 1 saturated heterocycles. The highest BCUT2D eigenvalue weighted by Gasteiger charge is 2.36. The van der Waals surface area contributed by atoms with Crippen molar-refractivity contribution in [2.45, 2.75) is 31.2 Å². The summed E-state index contributed by atoms with van der Waals surface area (Å²) in [5.41, 5.74) is 1.02. The number of rotatable bonds is 8. The molecule has 0 saturated carbocycles. The van der Waals surface area contributed by atoms with Crippen LogP contribution >= 0.6 is 0 Å². The van der Waals surface area contributed by atoms with Crippen LogP contribution < -0.4 is 9.62 Å². The molecule has 9 nitrogen and oxygen atoms in total. The van der Waals surface area contributed by atoms with E-state index in [9.17, 15) is 26.4 Å². The summed E-state index contributed by atoms with van der Waals surface area (Å²) in [7, 11) is -7.03. The molecule has 1 aliphatic heterocycles.